The maximum atomic E-state index is 12.5. The summed E-state index contributed by atoms with van der Waals surface area (Å²) in [5.74, 6) is -0.788. The number of carboxylic acids is 1. The van der Waals surface area contributed by atoms with Crippen LogP contribution in [0, 0.1) is 13.8 Å². The lowest BCUT2D eigenvalue weighted by atomic mass is 9.88. The maximum absolute atomic E-state index is 12.5. The molecule has 1 unspecified atom stereocenters. The van der Waals surface area contributed by atoms with Gasteiger partial charge in [-0.05, 0) is 56.0 Å². The molecule has 1 saturated heterocycles. The highest BCUT2D eigenvalue weighted by Gasteiger charge is 2.43. The van der Waals surface area contributed by atoms with Gasteiger partial charge in [0.05, 0.1) is 0 Å². The molecule has 6 heteroatoms. The molecule has 1 fully saturated rings. The number of hydrogen-bond acceptors (Lipinski definition) is 4. The second kappa shape index (κ2) is 9.09. The molecule has 0 radical (unpaired) electrons. The van der Waals surface area contributed by atoms with Crippen molar-refractivity contribution in [3.63, 3.8) is 0 Å². The minimum atomic E-state index is -1.30. The maximum Gasteiger partial charge on any atom is 0.330 e. The molecule has 1 amide bonds. The fourth-order valence-electron chi connectivity index (χ4n) is 3.76. The molecule has 154 valence electrons. The lowest BCUT2D eigenvalue weighted by Gasteiger charge is -2.40. The van der Waals surface area contributed by atoms with Crippen molar-refractivity contribution in [2.24, 2.45) is 0 Å². The van der Waals surface area contributed by atoms with E-state index < -0.39 is 17.4 Å². The van der Waals surface area contributed by atoms with Crippen molar-refractivity contribution < 1.29 is 19.4 Å². The first kappa shape index (κ1) is 20.9. The summed E-state index contributed by atoms with van der Waals surface area (Å²) in [5.41, 5.74) is 1.80. The van der Waals surface area contributed by atoms with E-state index in [1.165, 1.54) is 0 Å². The number of benzene rings is 2. The van der Waals surface area contributed by atoms with E-state index in [-0.39, 0.29) is 13.2 Å². The van der Waals surface area contributed by atoms with Gasteiger partial charge in [0.2, 0.25) is 0 Å². The Balaban J connectivity index is 1.64. The van der Waals surface area contributed by atoms with Gasteiger partial charge in [-0.3, -0.25) is 9.69 Å². The number of carbonyl (C=O) groups is 2. The smallest absolute Gasteiger partial charge is 0.330 e. The van der Waals surface area contributed by atoms with Crippen molar-refractivity contribution in [3.8, 4) is 5.75 Å². The zero-order chi connectivity index (χ0) is 20.9. The van der Waals surface area contributed by atoms with E-state index >= 15 is 0 Å². The third-order valence-corrected chi connectivity index (χ3v) is 5.31. The second-order valence-electron chi connectivity index (χ2n) is 7.79. The zero-order valence-corrected chi connectivity index (χ0v) is 17.0. The standard InChI is InChI=1S/C23H28N2O4/c1-17-9-10-18(2)20(13-17)29-15-21(26)24-23(22(27)28)11-6-12-25(16-23)14-19-7-4-3-5-8-19/h3-5,7-10,13H,6,11-12,14-16H2,1-2H3,(H,24,26)(H,27,28). The van der Waals surface area contributed by atoms with E-state index in [9.17, 15) is 14.7 Å². The van der Waals surface area contributed by atoms with Gasteiger partial charge in [0.15, 0.2) is 12.1 Å². The van der Waals surface area contributed by atoms with E-state index in [2.05, 4.69) is 10.2 Å². The third-order valence-electron chi connectivity index (χ3n) is 5.31. The highest BCUT2D eigenvalue weighted by molar-refractivity contribution is 5.88. The molecule has 29 heavy (non-hydrogen) atoms. The molecule has 2 aromatic carbocycles. The zero-order valence-electron chi connectivity index (χ0n) is 17.0. The minimum Gasteiger partial charge on any atom is -0.483 e. The van der Waals surface area contributed by atoms with Crippen LogP contribution in [0.5, 0.6) is 5.75 Å². The number of carbonyl (C=O) groups excluding carboxylic acids is 1. The fraction of sp³-hybridized carbons (Fsp3) is 0.391. The number of ether oxygens (including phenoxy) is 1. The number of carboxylic acid groups (broad SMARTS) is 1. The van der Waals surface area contributed by atoms with Crippen molar-refractivity contribution in [3.05, 3.63) is 65.2 Å². The predicted octanol–water partition coefficient (Wildman–Crippen LogP) is 2.92. The van der Waals surface area contributed by atoms with Gasteiger partial charge >= 0.3 is 5.97 Å². The molecular formula is C23H28N2O4. The Kier molecular flexibility index (Phi) is 6.54. The first-order chi connectivity index (χ1) is 13.9. The number of piperidine rings is 1. The van der Waals surface area contributed by atoms with Gasteiger partial charge in [0.25, 0.3) is 5.91 Å². The van der Waals surface area contributed by atoms with Crippen LogP contribution < -0.4 is 10.1 Å². The van der Waals surface area contributed by atoms with Crippen LogP contribution in [0.4, 0.5) is 0 Å². The summed E-state index contributed by atoms with van der Waals surface area (Å²) in [6, 6.07) is 15.7. The van der Waals surface area contributed by atoms with Crippen LogP contribution in [-0.2, 0) is 16.1 Å². The van der Waals surface area contributed by atoms with Crippen LogP contribution in [0.1, 0.15) is 29.5 Å². The van der Waals surface area contributed by atoms with Crippen molar-refractivity contribution >= 4 is 11.9 Å². The monoisotopic (exact) mass is 396 g/mol. The van der Waals surface area contributed by atoms with E-state index in [0.717, 1.165) is 23.2 Å². The Bertz CT molecular complexity index is 868. The molecule has 0 saturated carbocycles. The first-order valence-corrected chi connectivity index (χ1v) is 9.89. The van der Waals surface area contributed by atoms with E-state index in [4.69, 9.17) is 4.74 Å². The number of aliphatic carboxylic acids is 1. The molecular weight excluding hydrogens is 368 g/mol. The van der Waals surface area contributed by atoms with E-state index in [1.807, 2.05) is 62.4 Å². The van der Waals surface area contributed by atoms with Gasteiger partial charge in [-0.2, -0.15) is 0 Å². The molecule has 2 N–H and O–H groups in total. The summed E-state index contributed by atoms with van der Waals surface area (Å²) in [7, 11) is 0. The predicted molar refractivity (Wildman–Crippen MR) is 111 cm³/mol. The van der Waals surface area contributed by atoms with Gasteiger partial charge in [0, 0.05) is 13.1 Å². The molecule has 0 bridgehead atoms. The molecule has 1 aliphatic rings. The molecule has 0 aliphatic carbocycles. The number of nitrogens with one attached hydrogen (secondary N) is 1. The van der Waals surface area contributed by atoms with E-state index in [1.54, 1.807) is 0 Å². The van der Waals surface area contributed by atoms with Crippen LogP contribution in [0.2, 0.25) is 0 Å². The highest BCUT2D eigenvalue weighted by Crippen LogP contribution is 2.24. The summed E-state index contributed by atoms with van der Waals surface area (Å²) >= 11 is 0. The summed E-state index contributed by atoms with van der Waals surface area (Å²) in [6.45, 7) is 5.39. The molecule has 3 rings (SSSR count). The third kappa shape index (κ3) is 5.35. The lowest BCUT2D eigenvalue weighted by Crippen LogP contribution is -2.63. The highest BCUT2D eigenvalue weighted by atomic mass is 16.5. The average molecular weight is 396 g/mol. The number of rotatable bonds is 7. The summed E-state index contributed by atoms with van der Waals surface area (Å²) in [6.07, 6.45) is 1.11. The molecule has 6 nitrogen and oxygen atoms in total. The number of amides is 1. The SMILES string of the molecule is Cc1ccc(C)c(OCC(=O)NC2(C(=O)O)CCCN(Cc3ccccc3)C2)c1. The van der Waals surface area contributed by atoms with Crippen molar-refractivity contribution in [1.29, 1.82) is 0 Å². The second-order valence-corrected chi connectivity index (χ2v) is 7.79. The van der Waals surface area contributed by atoms with Gasteiger partial charge in [-0.15, -0.1) is 0 Å². The Hall–Kier alpha value is -2.86. The van der Waals surface area contributed by atoms with Gasteiger partial charge in [0.1, 0.15) is 5.75 Å². The lowest BCUT2D eigenvalue weighted by molar-refractivity contribution is -0.151. The average Bonchev–Trinajstić information content (AvgIpc) is 2.69. The molecule has 1 heterocycles. The van der Waals surface area contributed by atoms with Gasteiger partial charge < -0.3 is 15.2 Å². The molecule has 2 aromatic rings. The summed E-state index contributed by atoms with van der Waals surface area (Å²) in [5, 5.41) is 12.7. The van der Waals surface area contributed by atoms with Crippen molar-refractivity contribution in [2.75, 3.05) is 19.7 Å². The first-order valence-electron chi connectivity index (χ1n) is 9.89. The Morgan fingerprint density at radius 2 is 1.93 bits per heavy atom. The quantitative estimate of drug-likeness (QED) is 0.752. The van der Waals surface area contributed by atoms with Gasteiger partial charge in [-0.1, -0.05) is 42.5 Å². The van der Waals surface area contributed by atoms with Crippen LogP contribution in [0.25, 0.3) is 0 Å². The Morgan fingerprint density at radius 3 is 2.66 bits per heavy atom. The molecule has 0 spiro atoms. The van der Waals surface area contributed by atoms with Crippen molar-refractivity contribution in [1.82, 2.24) is 10.2 Å². The molecule has 1 aliphatic heterocycles. The van der Waals surface area contributed by atoms with Gasteiger partial charge in [-0.25, -0.2) is 4.79 Å². The largest absolute Gasteiger partial charge is 0.483 e. The van der Waals surface area contributed by atoms with Crippen LogP contribution >= 0.6 is 0 Å². The summed E-state index contributed by atoms with van der Waals surface area (Å²) < 4.78 is 5.65. The number of likely N-dealkylation sites (tertiary alicyclic amines) is 1. The molecule has 1 atom stereocenters. The summed E-state index contributed by atoms with van der Waals surface area (Å²) in [4.78, 5) is 26.7. The number of hydrogen-bond donors (Lipinski definition) is 2. The number of aryl methyl sites for hydroxylation is 2. The molecule has 0 aromatic heterocycles. The van der Waals surface area contributed by atoms with Crippen molar-refractivity contribution in [2.45, 2.75) is 38.8 Å². The fourth-order valence-corrected chi connectivity index (χ4v) is 3.76. The van der Waals surface area contributed by atoms with Crippen LogP contribution in [0.15, 0.2) is 48.5 Å². The Morgan fingerprint density at radius 1 is 1.17 bits per heavy atom. The Labute approximate surface area is 171 Å². The van der Waals surface area contributed by atoms with E-state index in [0.29, 0.717) is 25.1 Å². The number of nitrogens with zero attached hydrogens (tertiary/aromatic N) is 1. The minimum absolute atomic E-state index is 0.210. The normalized spacial score (nSPS) is 19.5. The topological polar surface area (TPSA) is 78.9 Å². The van der Waals surface area contributed by atoms with Crippen LogP contribution in [0.3, 0.4) is 0 Å². The van der Waals surface area contributed by atoms with Crippen LogP contribution in [-0.4, -0.2) is 47.1 Å².